The van der Waals surface area contributed by atoms with Crippen molar-refractivity contribution in [1.82, 2.24) is 4.57 Å². The number of benzene rings is 1. The highest BCUT2D eigenvalue weighted by atomic mass is 14.9. The van der Waals surface area contributed by atoms with E-state index in [4.69, 9.17) is 0 Å². The van der Waals surface area contributed by atoms with Gasteiger partial charge in [-0.1, -0.05) is 32.1 Å². The standard InChI is InChI=1S/C16H22BN/c1-4-5-6-11-7-12-8-14-15(17-2)10-18(3)16(14)9-13(11)12/h8-11,17H,4-7H2,1-3H3. The van der Waals surface area contributed by atoms with Crippen LogP contribution in [0.4, 0.5) is 0 Å². The molecule has 0 saturated carbocycles. The van der Waals surface area contributed by atoms with Crippen LogP contribution < -0.4 is 5.46 Å². The third kappa shape index (κ3) is 1.70. The molecule has 1 aromatic heterocycles. The Morgan fingerprint density at radius 1 is 1.39 bits per heavy atom. The molecule has 1 heterocycles. The summed E-state index contributed by atoms with van der Waals surface area (Å²) in [4.78, 5) is 0. The van der Waals surface area contributed by atoms with Crippen LogP contribution in [-0.4, -0.2) is 11.8 Å². The fourth-order valence-corrected chi connectivity index (χ4v) is 3.36. The molecule has 0 N–H and O–H groups in total. The highest BCUT2D eigenvalue weighted by molar-refractivity contribution is 6.55. The van der Waals surface area contributed by atoms with Crippen LogP contribution in [0.25, 0.3) is 10.9 Å². The molecule has 1 aliphatic carbocycles. The van der Waals surface area contributed by atoms with E-state index in [0.717, 1.165) is 13.2 Å². The molecule has 2 aromatic rings. The van der Waals surface area contributed by atoms with Gasteiger partial charge in [-0.15, -0.1) is 0 Å². The second-order valence-corrected chi connectivity index (χ2v) is 5.73. The minimum absolute atomic E-state index is 0.837. The number of fused-ring (bicyclic) bond motifs is 2. The van der Waals surface area contributed by atoms with Gasteiger partial charge in [0.05, 0.1) is 0 Å². The van der Waals surface area contributed by atoms with Gasteiger partial charge in [-0.25, -0.2) is 0 Å². The van der Waals surface area contributed by atoms with Crippen molar-refractivity contribution >= 4 is 23.6 Å². The first-order valence-electron chi connectivity index (χ1n) is 7.35. The first-order chi connectivity index (χ1) is 8.74. The number of hydrogen-bond acceptors (Lipinski definition) is 0. The van der Waals surface area contributed by atoms with Crippen molar-refractivity contribution in [2.24, 2.45) is 7.05 Å². The van der Waals surface area contributed by atoms with E-state index in [0.29, 0.717) is 0 Å². The van der Waals surface area contributed by atoms with Gasteiger partial charge in [0.25, 0.3) is 0 Å². The molecule has 1 atom stereocenters. The maximum absolute atomic E-state index is 2.45. The van der Waals surface area contributed by atoms with Gasteiger partial charge in [0.2, 0.25) is 0 Å². The Bertz CT molecular complexity index is 582. The third-order valence-electron chi connectivity index (χ3n) is 4.53. The van der Waals surface area contributed by atoms with Gasteiger partial charge in [0.15, 0.2) is 7.28 Å². The minimum Gasteiger partial charge on any atom is -0.351 e. The van der Waals surface area contributed by atoms with Crippen molar-refractivity contribution in [3.63, 3.8) is 0 Å². The smallest absolute Gasteiger partial charge is 0.157 e. The highest BCUT2D eigenvalue weighted by Gasteiger charge is 2.26. The van der Waals surface area contributed by atoms with Crippen molar-refractivity contribution in [3.8, 4) is 0 Å². The van der Waals surface area contributed by atoms with Crippen LogP contribution in [0, 0.1) is 0 Å². The lowest BCUT2D eigenvalue weighted by molar-refractivity contribution is 0.532. The largest absolute Gasteiger partial charge is 0.351 e. The normalized spacial score (nSPS) is 17.6. The number of aromatic nitrogens is 1. The third-order valence-corrected chi connectivity index (χ3v) is 4.53. The number of unbranched alkanes of at least 4 members (excludes halogenated alkanes) is 1. The molecule has 0 radical (unpaired) electrons. The lowest BCUT2D eigenvalue weighted by Gasteiger charge is -2.30. The molecule has 1 unspecified atom stereocenters. The van der Waals surface area contributed by atoms with E-state index < -0.39 is 0 Å². The number of aryl methyl sites for hydroxylation is 1. The van der Waals surface area contributed by atoms with Crippen LogP contribution in [0.3, 0.4) is 0 Å². The Kier molecular flexibility index (Phi) is 2.97. The van der Waals surface area contributed by atoms with Crippen molar-refractivity contribution in [3.05, 3.63) is 29.5 Å². The average Bonchev–Trinajstić information content (AvgIpc) is 2.66. The first kappa shape index (κ1) is 11.9. The fraction of sp³-hybridized carbons (Fsp3) is 0.500. The lowest BCUT2D eigenvalue weighted by Crippen LogP contribution is -2.18. The first-order valence-corrected chi connectivity index (χ1v) is 7.35. The molecule has 0 amide bonds. The second kappa shape index (κ2) is 4.49. The minimum atomic E-state index is 0.837. The number of rotatable bonds is 4. The molecule has 0 fully saturated rings. The molecule has 18 heavy (non-hydrogen) atoms. The summed E-state index contributed by atoms with van der Waals surface area (Å²) in [5.41, 5.74) is 6.14. The van der Waals surface area contributed by atoms with Gasteiger partial charge >= 0.3 is 0 Å². The van der Waals surface area contributed by atoms with E-state index in [-0.39, 0.29) is 0 Å². The van der Waals surface area contributed by atoms with Crippen LogP contribution in [-0.2, 0) is 13.5 Å². The maximum atomic E-state index is 2.45. The molecule has 0 saturated heterocycles. The summed E-state index contributed by atoms with van der Waals surface area (Å²) in [6.45, 7) is 4.53. The van der Waals surface area contributed by atoms with E-state index in [9.17, 15) is 0 Å². The van der Waals surface area contributed by atoms with Gasteiger partial charge in [0, 0.05) is 12.6 Å². The molecule has 0 aliphatic heterocycles. The van der Waals surface area contributed by atoms with Crippen LogP contribution in [0.5, 0.6) is 0 Å². The predicted molar refractivity (Wildman–Crippen MR) is 81.5 cm³/mol. The molecular formula is C16H22BN. The van der Waals surface area contributed by atoms with Crippen molar-refractivity contribution in [1.29, 1.82) is 0 Å². The maximum Gasteiger partial charge on any atom is 0.157 e. The zero-order valence-electron chi connectivity index (χ0n) is 11.8. The van der Waals surface area contributed by atoms with Crippen molar-refractivity contribution in [2.45, 2.75) is 45.3 Å². The molecule has 1 nitrogen and oxygen atoms in total. The summed E-state index contributed by atoms with van der Waals surface area (Å²) in [6, 6.07) is 4.90. The molecular weight excluding hydrogens is 217 g/mol. The summed E-state index contributed by atoms with van der Waals surface area (Å²) in [5.74, 6) is 0.837. The summed E-state index contributed by atoms with van der Waals surface area (Å²) >= 11 is 0. The molecule has 3 rings (SSSR count). The summed E-state index contributed by atoms with van der Waals surface area (Å²) in [5, 5.41) is 1.48. The van der Waals surface area contributed by atoms with Gasteiger partial charge in [0.1, 0.15) is 0 Å². The van der Waals surface area contributed by atoms with Gasteiger partial charge < -0.3 is 4.57 Å². The molecule has 0 spiro atoms. The summed E-state index contributed by atoms with van der Waals surface area (Å²) in [7, 11) is 3.31. The summed E-state index contributed by atoms with van der Waals surface area (Å²) < 4.78 is 2.30. The van der Waals surface area contributed by atoms with Gasteiger partial charge in [-0.05, 0) is 53.6 Å². The Balaban J connectivity index is 2.00. The van der Waals surface area contributed by atoms with Crippen molar-refractivity contribution in [2.75, 3.05) is 0 Å². The average molecular weight is 239 g/mol. The Morgan fingerprint density at radius 3 is 2.94 bits per heavy atom. The van der Waals surface area contributed by atoms with E-state index in [1.54, 1.807) is 11.1 Å². The van der Waals surface area contributed by atoms with E-state index >= 15 is 0 Å². The zero-order valence-corrected chi connectivity index (χ0v) is 11.8. The zero-order chi connectivity index (χ0) is 12.7. The Hall–Kier alpha value is -1.18. The topological polar surface area (TPSA) is 4.93 Å². The van der Waals surface area contributed by atoms with Crippen LogP contribution in [0.2, 0.25) is 6.82 Å². The van der Waals surface area contributed by atoms with E-state index in [1.807, 2.05) is 0 Å². The SMILES string of the molecule is CBc1cn(C)c2cc3c(cc12)CC3CCCC. The molecule has 1 aliphatic rings. The Labute approximate surface area is 110 Å². The van der Waals surface area contributed by atoms with Crippen LogP contribution in [0.1, 0.15) is 43.2 Å². The van der Waals surface area contributed by atoms with E-state index in [1.165, 1.54) is 42.0 Å². The fourth-order valence-electron chi connectivity index (χ4n) is 3.36. The summed E-state index contributed by atoms with van der Waals surface area (Å²) in [6.07, 6.45) is 7.67. The molecule has 94 valence electrons. The predicted octanol–water partition coefficient (Wildman–Crippen LogP) is 3.12. The second-order valence-electron chi connectivity index (χ2n) is 5.73. The Morgan fingerprint density at radius 2 is 2.22 bits per heavy atom. The van der Waals surface area contributed by atoms with Crippen LogP contribution in [0.15, 0.2) is 18.3 Å². The lowest BCUT2D eigenvalue weighted by atomic mass is 9.70. The monoisotopic (exact) mass is 239 g/mol. The highest BCUT2D eigenvalue weighted by Crippen LogP contribution is 2.40. The molecule has 2 heteroatoms. The van der Waals surface area contributed by atoms with Gasteiger partial charge in [-0.2, -0.15) is 0 Å². The van der Waals surface area contributed by atoms with E-state index in [2.05, 4.69) is 43.7 Å². The number of hydrogen-bond donors (Lipinski definition) is 0. The van der Waals surface area contributed by atoms with Crippen LogP contribution >= 0.6 is 0 Å². The molecule has 1 aromatic carbocycles. The quantitative estimate of drug-likeness (QED) is 0.722. The number of nitrogens with zero attached hydrogens (tertiary/aromatic N) is 1. The molecule has 0 bridgehead atoms. The van der Waals surface area contributed by atoms with Gasteiger partial charge in [-0.3, -0.25) is 0 Å². The van der Waals surface area contributed by atoms with Crippen molar-refractivity contribution < 1.29 is 0 Å².